The molecule has 1 aliphatic carbocycles. The summed E-state index contributed by atoms with van der Waals surface area (Å²) in [6.45, 7) is 2.83. The van der Waals surface area contributed by atoms with E-state index in [1.807, 2.05) is 6.07 Å². The number of carbonyl (C=O) groups is 3. The number of nitro benzene ring substituents is 1. The van der Waals surface area contributed by atoms with Gasteiger partial charge in [-0.15, -0.1) is 0 Å². The number of nitrogens with one attached hydrogen (secondary N) is 1. The van der Waals surface area contributed by atoms with Gasteiger partial charge in [0.05, 0.1) is 23.6 Å². The minimum absolute atomic E-state index is 0.0379. The van der Waals surface area contributed by atoms with Gasteiger partial charge in [0.25, 0.3) is 5.69 Å². The van der Waals surface area contributed by atoms with Crippen molar-refractivity contribution in [1.82, 2.24) is 5.32 Å². The smallest absolute Gasteiger partial charge is 0.338 e. The summed E-state index contributed by atoms with van der Waals surface area (Å²) in [5, 5.41) is 14.4. The molecule has 2 aromatic rings. The zero-order chi connectivity index (χ0) is 27.8. The van der Waals surface area contributed by atoms with Crippen LogP contribution in [0.1, 0.15) is 47.7 Å². The van der Waals surface area contributed by atoms with Crippen LogP contribution in [0.15, 0.2) is 30.3 Å². The Balaban J connectivity index is 1.53. The SMILES string of the molecule is COc1c2c(cc3c1OCO3)[C@H]1C[C@H](OC(=O)c3ccc([N+](=O)[O-])cc3)[C@@H](OC(C)=O)[C@@H](OC(C)=O)[C@@H]1NC2. The minimum Gasteiger partial charge on any atom is -0.492 e. The first-order chi connectivity index (χ1) is 18.7. The molecular formula is C26H26N2O11. The van der Waals surface area contributed by atoms with Crippen molar-refractivity contribution in [2.45, 2.75) is 57.1 Å². The molecule has 0 amide bonds. The topological polar surface area (TPSA) is 162 Å². The molecule has 2 aliphatic heterocycles. The third-order valence-electron chi connectivity index (χ3n) is 7.02. The number of hydrogen-bond donors (Lipinski definition) is 1. The van der Waals surface area contributed by atoms with E-state index in [1.165, 1.54) is 45.2 Å². The second-order valence-corrected chi connectivity index (χ2v) is 9.36. The fraction of sp³-hybridized carbons (Fsp3) is 0.423. The Hall–Kier alpha value is -4.39. The average molecular weight is 542 g/mol. The summed E-state index contributed by atoms with van der Waals surface area (Å²) in [4.78, 5) is 47.7. The lowest BCUT2D eigenvalue weighted by molar-refractivity contribution is -0.384. The van der Waals surface area contributed by atoms with Gasteiger partial charge in [-0.1, -0.05) is 0 Å². The molecule has 1 N–H and O–H groups in total. The van der Waals surface area contributed by atoms with Crippen molar-refractivity contribution in [3.8, 4) is 17.2 Å². The maximum atomic E-state index is 13.1. The van der Waals surface area contributed by atoms with Crippen LogP contribution < -0.4 is 19.5 Å². The van der Waals surface area contributed by atoms with Gasteiger partial charge in [0, 0.05) is 44.0 Å². The fourth-order valence-electron chi connectivity index (χ4n) is 5.48. The van der Waals surface area contributed by atoms with Crippen LogP contribution in [0.25, 0.3) is 0 Å². The molecule has 0 aromatic heterocycles. The first-order valence-corrected chi connectivity index (χ1v) is 12.2. The number of benzene rings is 2. The third kappa shape index (κ3) is 4.92. The predicted octanol–water partition coefficient (Wildman–Crippen LogP) is 2.38. The lowest BCUT2D eigenvalue weighted by atomic mass is 9.71. The van der Waals surface area contributed by atoms with Crippen LogP contribution in [0.5, 0.6) is 17.2 Å². The highest BCUT2D eigenvalue weighted by atomic mass is 16.7. The standard InChI is InChI=1S/C26H26N2O11/c1-12(29)37-24-20(39-26(31)14-4-6-15(7-5-14)28(32)33)9-17-16-8-19-23(36-11-35-19)22(34-3)18(16)10-27-21(17)25(24)38-13(2)30/h4-8,17,20-21,24-25,27H,9-11H2,1-3H3/t17-,20+,21-,24-,25+/m1/s1. The number of rotatable bonds is 6. The van der Waals surface area contributed by atoms with Crippen LogP contribution in [0.4, 0.5) is 5.69 Å². The Morgan fingerprint density at radius 2 is 1.72 bits per heavy atom. The highest BCUT2D eigenvalue weighted by molar-refractivity contribution is 5.89. The van der Waals surface area contributed by atoms with Crippen LogP contribution in [-0.2, 0) is 30.3 Å². The number of fused-ring (bicyclic) bond motifs is 4. The molecule has 0 saturated heterocycles. The van der Waals surface area contributed by atoms with Crippen molar-refractivity contribution >= 4 is 23.6 Å². The van der Waals surface area contributed by atoms with E-state index in [0.717, 1.165) is 11.1 Å². The molecule has 2 aromatic carbocycles. The van der Waals surface area contributed by atoms with E-state index >= 15 is 0 Å². The molecule has 0 unspecified atom stereocenters. The molecule has 5 rings (SSSR count). The molecule has 206 valence electrons. The van der Waals surface area contributed by atoms with Crippen LogP contribution in [0, 0.1) is 10.1 Å². The second kappa shape index (κ2) is 10.4. The first kappa shape index (κ1) is 26.2. The van der Waals surface area contributed by atoms with Gasteiger partial charge in [0.15, 0.2) is 23.7 Å². The lowest BCUT2D eigenvalue weighted by Crippen LogP contribution is -2.62. The Labute approximate surface area is 222 Å². The number of non-ortho nitro benzene ring substituents is 1. The highest BCUT2D eigenvalue weighted by Gasteiger charge is 2.53. The third-order valence-corrected chi connectivity index (χ3v) is 7.02. The summed E-state index contributed by atoms with van der Waals surface area (Å²) in [5.41, 5.74) is 1.53. The summed E-state index contributed by atoms with van der Waals surface area (Å²) in [7, 11) is 1.53. The van der Waals surface area contributed by atoms with Gasteiger partial charge in [-0.25, -0.2) is 4.79 Å². The van der Waals surface area contributed by atoms with Crippen LogP contribution >= 0.6 is 0 Å². The maximum absolute atomic E-state index is 13.1. The molecule has 3 aliphatic rings. The summed E-state index contributed by atoms with van der Waals surface area (Å²) in [6.07, 6.45) is -2.93. The van der Waals surface area contributed by atoms with Gasteiger partial charge in [-0.05, 0) is 30.2 Å². The largest absolute Gasteiger partial charge is 0.492 e. The van der Waals surface area contributed by atoms with E-state index in [0.29, 0.717) is 23.8 Å². The zero-order valence-corrected chi connectivity index (χ0v) is 21.3. The number of methoxy groups -OCH3 is 1. The second-order valence-electron chi connectivity index (χ2n) is 9.36. The molecule has 1 saturated carbocycles. The number of carbonyl (C=O) groups excluding carboxylic acids is 3. The zero-order valence-electron chi connectivity index (χ0n) is 21.3. The Bertz CT molecular complexity index is 1330. The van der Waals surface area contributed by atoms with Crippen molar-refractivity contribution in [1.29, 1.82) is 0 Å². The molecule has 0 bridgehead atoms. The lowest BCUT2D eigenvalue weighted by Gasteiger charge is -2.48. The van der Waals surface area contributed by atoms with E-state index in [9.17, 15) is 24.5 Å². The number of nitrogens with zero attached hydrogens (tertiary/aromatic N) is 1. The molecule has 39 heavy (non-hydrogen) atoms. The minimum atomic E-state index is -1.11. The normalized spacial score (nSPS) is 24.5. The monoisotopic (exact) mass is 542 g/mol. The summed E-state index contributed by atoms with van der Waals surface area (Å²) in [5.74, 6) is -0.902. The molecule has 5 atom stereocenters. The number of nitro groups is 1. The quantitative estimate of drug-likeness (QED) is 0.246. The maximum Gasteiger partial charge on any atom is 0.338 e. The van der Waals surface area contributed by atoms with Crippen molar-refractivity contribution in [3.63, 3.8) is 0 Å². The van der Waals surface area contributed by atoms with E-state index in [2.05, 4.69) is 5.32 Å². The van der Waals surface area contributed by atoms with Crippen molar-refractivity contribution < 1.29 is 47.7 Å². The Morgan fingerprint density at radius 1 is 1.03 bits per heavy atom. The molecule has 13 heteroatoms. The summed E-state index contributed by atoms with van der Waals surface area (Å²) < 4.78 is 33.9. The predicted molar refractivity (Wildman–Crippen MR) is 131 cm³/mol. The molecule has 0 radical (unpaired) electrons. The van der Waals surface area contributed by atoms with Crippen molar-refractivity contribution in [2.75, 3.05) is 13.9 Å². The molecule has 0 spiro atoms. The van der Waals surface area contributed by atoms with Crippen molar-refractivity contribution in [3.05, 3.63) is 57.1 Å². The van der Waals surface area contributed by atoms with Crippen LogP contribution in [0.3, 0.4) is 0 Å². The van der Waals surface area contributed by atoms with E-state index in [1.54, 1.807) is 0 Å². The van der Waals surface area contributed by atoms with E-state index in [4.69, 9.17) is 28.4 Å². The van der Waals surface area contributed by atoms with Gasteiger partial charge in [-0.2, -0.15) is 0 Å². The average Bonchev–Trinajstić information content (AvgIpc) is 3.37. The van der Waals surface area contributed by atoms with Gasteiger partial charge in [0.2, 0.25) is 12.5 Å². The molecular weight excluding hydrogens is 516 g/mol. The summed E-state index contributed by atoms with van der Waals surface area (Å²) in [6, 6.07) is 6.28. The van der Waals surface area contributed by atoms with Crippen LogP contribution in [-0.4, -0.2) is 61.1 Å². The fourth-order valence-corrected chi connectivity index (χ4v) is 5.48. The first-order valence-electron chi connectivity index (χ1n) is 12.2. The Kier molecular flexibility index (Phi) is 7.00. The van der Waals surface area contributed by atoms with Gasteiger partial charge < -0.3 is 33.7 Å². The van der Waals surface area contributed by atoms with E-state index in [-0.39, 0.29) is 30.4 Å². The highest BCUT2D eigenvalue weighted by Crippen LogP contribution is 2.51. The van der Waals surface area contributed by atoms with Gasteiger partial charge in [0.1, 0.15) is 6.10 Å². The Morgan fingerprint density at radius 3 is 2.36 bits per heavy atom. The molecule has 1 fully saturated rings. The number of ether oxygens (including phenoxy) is 6. The van der Waals surface area contributed by atoms with Gasteiger partial charge >= 0.3 is 17.9 Å². The molecule has 13 nitrogen and oxygen atoms in total. The number of hydrogen-bond acceptors (Lipinski definition) is 12. The molecule has 2 heterocycles. The van der Waals surface area contributed by atoms with Crippen LogP contribution in [0.2, 0.25) is 0 Å². The number of esters is 3. The summed E-state index contributed by atoms with van der Waals surface area (Å²) >= 11 is 0. The van der Waals surface area contributed by atoms with Gasteiger partial charge in [-0.3, -0.25) is 19.7 Å². The van der Waals surface area contributed by atoms with Crippen molar-refractivity contribution in [2.24, 2.45) is 0 Å². The van der Waals surface area contributed by atoms with E-state index < -0.39 is 47.2 Å².